The maximum atomic E-state index is 7.85. The van der Waals surface area contributed by atoms with Crippen LogP contribution in [0.25, 0.3) is 0 Å². The second kappa shape index (κ2) is 6.02. The van der Waals surface area contributed by atoms with Gasteiger partial charge in [0.1, 0.15) is 11.7 Å². The number of hydrogen-bond donors (Lipinski definition) is 2. The van der Waals surface area contributed by atoms with E-state index in [-0.39, 0.29) is 5.84 Å². The molecule has 0 aromatic carbocycles. The van der Waals surface area contributed by atoms with Gasteiger partial charge in [-0.25, -0.2) is 4.98 Å². The number of aromatic nitrogens is 1. The molecule has 1 aliphatic carbocycles. The molecule has 5 heteroatoms. The fourth-order valence-corrected chi connectivity index (χ4v) is 3.45. The molecule has 1 aromatic rings. The first-order valence-corrected chi connectivity index (χ1v) is 7.80. The van der Waals surface area contributed by atoms with Crippen molar-refractivity contribution in [1.29, 1.82) is 5.41 Å². The van der Waals surface area contributed by atoms with Gasteiger partial charge in [0.2, 0.25) is 0 Å². The number of methoxy groups -OCH3 is 1. The number of nitrogens with two attached hydrogens (primary N) is 1. The summed E-state index contributed by atoms with van der Waals surface area (Å²) in [7, 11) is 1.77. The summed E-state index contributed by atoms with van der Waals surface area (Å²) in [6.07, 6.45) is 5.52. The molecule has 2 aliphatic rings. The molecule has 0 radical (unpaired) electrons. The molecule has 0 unspecified atom stereocenters. The molecule has 0 atom stereocenters. The summed E-state index contributed by atoms with van der Waals surface area (Å²) in [5.41, 5.74) is 9.07. The molecule has 114 valence electrons. The van der Waals surface area contributed by atoms with E-state index in [4.69, 9.17) is 20.9 Å². The summed E-state index contributed by atoms with van der Waals surface area (Å²) in [5.74, 6) is 1.69. The molecule has 0 saturated carbocycles. The molecule has 5 nitrogen and oxygen atoms in total. The summed E-state index contributed by atoms with van der Waals surface area (Å²) < 4.78 is 5.26. The Labute approximate surface area is 126 Å². The Morgan fingerprint density at radius 3 is 2.86 bits per heavy atom. The van der Waals surface area contributed by atoms with Crippen molar-refractivity contribution in [2.24, 2.45) is 11.7 Å². The van der Waals surface area contributed by atoms with Crippen LogP contribution in [-0.4, -0.2) is 37.6 Å². The first-order chi connectivity index (χ1) is 10.2. The van der Waals surface area contributed by atoms with Gasteiger partial charge in [0.25, 0.3) is 0 Å². The van der Waals surface area contributed by atoms with Crippen molar-refractivity contribution in [3.05, 3.63) is 22.9 Å². The summed E-state index contributed by atoms with van der Waals surface area (Å²) in [5, 5.41) is 7.85. The van der Waals surface area contributed by atoms with Crippen LogP contribution >= 0.6 is 0 Å². The van der Waals surface area contributed by atoms with Crippen LogP contribution in [0, 0.1) is 11.3 Å². The number of ether oxygens (including phenoxy) is 1. The van der Waals surface area contributed by atoms with Crippen molar-refractivity contribution in [3.63, 3.8) is 0 Å². The molecule has 1 saturated heterocycles. The quantitative estimate of drug-likeness (QED) is 0.653. The molecule has 1 aliphatic heterocycles. The summed E-state index contributed by atoms with van der Waals surface area (Å²) >= 11 is 0. The number of nitrogens with one attached hydrogen (secondary N) is 1. The highest BCUT2D eigenvalue weighted by atomic mass is 16.5. The maximum absolute atomic E-state index is 7.85. The van der Waals surface area contributed by atoms with Crippen LogP contribution in [-0.2, 0) is 17.6 Å². The monoisotopic (exact) mass is 288 g/mol. The van der Waals surface area contributed by atoms with Gasteiger partial charge in [-0.1, -0.05) is 0 Å². The second-order valence-electron chi connectivity index (χ2n) is 6.12. The molecule has 1 aromatic heterocycles. The number of piperidine rings is 1. The van der Waals surface area contributed by atoms with Crippen LogP contribution in [0.15, 0.2) is 6.07 Å². The van der Waals surface area contributed by atoms with E-state index >= 15 is 0 Å². The van der Waals surface area contributed by atoms with Gasteiger partial charge in [0.05, 0.1) is 5.56 Å². The van der Waals surface area contributed by atoms with Crippen LogP contribution in [0.5, 0.6) is 0 Å². The van der Waals surface area contributed by atoms with Gasteiger partial charge in [-0.2, -0.15) is 0 Å². The fraction of sp³-hybridized carbons (Fsp3) is 0.625. The Hall–Kier alpha value is -1.62. The topological polar surface area (TPSA) is 75.2 Å². The van der Waals surface area contributed by atoms with Crippen molar-refractivity contribution < 1.29 is 4.74 Å². The van der Waals surface area contributed by atoms with Crippen molar-refractivity contribution in [2.45, 2.75) is 32.1 Å². The summed E-state index contributed by atoms with van der Waals surface area (Å²) in [6.45, 7) is 2.78. The van der Waals surface area contributed by atoms with Crippen molar-refractivity contribution in [2.75, 3.05) is 31.7 Å². The number of nitrogen functional groups attached to an aromatic ring is 1. The Morgan fingerprint density at radius 1 is 1.43 bits per heavy atom. The van der Waals surface area contributed by atoms with Gasteiger partial charge in [-0.3, -0.25) is 5.41 Å². The third-order valence-corrected chi connectivity index (χ3v) is 4.64. The number of aryl methyl sites for hydroxylation is 2. The predicted molar refractivity (Wildman–Crippen MR) is 84.1 cm³/mol. The molecule has 21 heavy (non-hydrogen) atoms. The molecule has 0 spiro atoms. The van der Waals surface area contributed by atoms with Crippen LogP contribution in [0.3, 0.4) is 0 Å². The Balaban J connectivity index is 1.83. The number of pyridine rings is 1. The zero-order valence-corrected chi connectivity index (χ0v) is 12.7. The highest BCUT2D eigenvalue weighted by molar-refractivity contribution is 6.00. The van der Waals surface area contributed by atoms with Crippen molar-refractivity contribution in [1.82, 2.24) is 4.98 Å². The molecule has 3 N–H and O–H groups in total. The number of nitrogens with zero attached hydrogens (tertiary/aromatic N) is 2. The van der Waals surface area contributed by atoms with Gasteiger partial charge in [0, 0.05) is 32.5 Å². The Kier molecular flexibility index (Phi) is 4.10. The van der Waals surface area contributed by atoms with E-state index in [1.807, 2.05) is 0 Å². The number of fused-ring (bicyclic) bond motifs is 1. The van der Waals surface area contributed by atoms with E-state index in [1.165, 1.54) is 17.7 Å². The average Bonchev–Trinajstić information content (AvgIpc) is 2.94. The smallest absolute Gasteiger partial charge is 0.139 e. The van der Waals surface area contributed by atoms with Gasteiger partial charge in [0.15, 0.2) is 0 Å². The van der Waals surface area contributed by atoms with Crippen LogP contribution < -0.4 is 10.6 Å². The van der Waals surface area contributed by atoms with E-state index in [0.29, 0.717) is 5.92 Å². The molecule has 1 fully saturated rings. The zero-order chi connectivity index (χ0) is 14.8. The minimum Gasteiger partial charge on any atom is -0.384 e. The fourth-order valence-electron chi connectivity index (χ4n) is 3.45. The van der Waals surface area contributed by atoms with Crippen LogP contribution in [0.4, 0.5) is 5.82 Å². The first-order valence-electron chi connectivity index (χ1n) is 7.80. The molecule has 3 rings (SSSR count). The minimum atomic E-state index is 0.131. The lowest BCUT2D eigenvalue weighted by molar-refractivity contribution is 0.139. The highest BCUT2D eigenvalue weighted by Crippen LogP contribution is 2.29. The lowest BCUT2D eigenvalue weighted by atomic mass is 9.97. The first kappa shape index (κ1) is 14.3. The summed E-state index contributed by atoms with van der Waals surface area (Å²) in [4.78, 5) is 7.14. The number of anilines is 1. The number of hydrogen-bond acceptors (Lipinski definition) is 4. The summed E-state index contributed by atoms with van der Waals surface area (Å²) in [6, 6.07) is 2.09. The lowest BCUT2D eigenvalue weighted by Gasteiger charge is -2.33. The van der Waals surface area contributed by atoms with Crippen LogP contribution in [0.2, 0.25) is 0 Å². The van der Waals surface area contributed by atoms with Gasteiger partial charge in [-0.05, 0) is 49.7 Å². The third kappa shape index (κ3) is 2.88. The Bertz CT molecular complexity index is 535. The lowest BCUT2D eigenvalue weighted by Crippen LogP contribution is -2.37. The molecule has 0 amide bonds. The third-order valence-electron chi connectivity index (χ3n) is 4.64. The van der Waals surface area contributed by atoms with Crippen molar-refractivity contribution >= 4 is 11.7 Å². The average molecular weight is 288 g/mol. The van der Waals surface area contributed by atoms with Gasteiger partial charge >= 0.3 is 0 Å². The van der Waals surface area contributed by atoms with E-state index in [1.54, 1.807) is 7.11 Å². The van der Waals surface area contributed by atoms with Gasteiger partial charge < -0.3 is 15.4 Å². The molecule has 2 heterocycles. The van der Waals surface area contributed by atoms with Crippen molar-refractivity contribution in [3.8, 4) is 0 Å². The number of amidine groups is 1. The van der Waals surface area contributed by atoms with Crippen LogP contribution in [0.1, 0.15) is 36.1 Å². The molecule has 0 bridgehead atoms. The molecular formula is C16H24N4O. The molecular weight excluding hydrogens is 264 g/mol. The standard InChI is InChI=1S/C16H24N4O/c1-21-10-11-5-7-20(8-6-11)16-13(15(17)18)9-12-3-2-4-14(12)19-16/h9,11H,2-8,10H2,1H3,(H3,17,18). The Morgan fingerprint density at radius 2 is 2.19 bits per heavy atom. The highest BCUT2D eigenvalue weighted by Gasteiger charge is 2.25. The van der Waals surface area contributed by atoms with E-state index < -0.39 is 0 Å². The minimum absolute atomic E-state index is 0.131. The SMILES string of the molecule is COCC1CCN(c2nc3c(cc2C(=N)N)CCC3)CC1. The second-order valence-corrected chi connectivity index (χ2v) is 6.12. The normalized spacial score (nSPS) is 18.8. The zero-order valence-electron chi connectivity index (χ0n) is 12.7. The maximum Gasteiger partial charge on any atom is 0.139 e. The van der Waals surface area contributed by atoms with E-state index in [0.717, 1.165) is 56.8 Å². The van der Waals surface area contributed by atoms with E-state index in [9.17, 15) is 0 Å². The predicted octanol–water partition coefficient (Wildman–Crippen LogP) is 1.72. The van der Waals surface area contributed by atoms with E-state index in [2.05, 4.69) is 11.0 Å². The largest absolute Gasteiger partial charge is 0.384 e. The van der Waals surface area contributed by atoms with Gasteiger partial charge in [-0.15, -0.1) is 0 Å². The number of rotatable bonds is 4.